The number of aliphatic hydroxyl groups excluding tert-OH is 1. The minimum Gasteiger partial charge on any atom is -0.496 e. The number of methoxy groups -OCH3 is 4. The molecular formula is C13H20O5. The van der Waals surface area contributed by atoms with E-state index in [2.05, 4.69) is 0 Å². The van der Waals surface area contributed by atoms with Crippen molar-refractivity contribution in [2.24, 2.45) is 0 Å². The summed E-state index contributed by atoms with van der Waals surface area (Å²) < 4.78 is 21.0. The molecule has 0 bridgehead atoms. The minimum absolute atomic E-state index is 0.486. The van der Waals surface area contributed by atoms with Crippen LogP contribution in [0.3, 0.4) is 0 Å². The molecule has 1 rings (SSSR count). The number of benzene rings is 1. The first-order chi connectivity index (χ1) is 8.58. The molecule has 102 valence electrons. The van der Waals surface area contributed by atoms with Crippen molar-refractivity contribution in [3.63, 3.8) is 0 Å². The Balaban J connectivity index is 3.32. The van der Waals surface area contributed by atoms with E-state index in [1.165, 1.54) is 7.11 Å². The van der Waals surface area contributed by atoms with Gasteiger partial charge < -0.3 is 24.1 Å². The van der Waals surface area contributed by atoms with E-state index in [-0.39, 0.29) is 0 Å². The quantitative estimate of drug-likeness (QED) is 0.840. The lowest BCUT2D eigenvalue weighted by molar-refractivity contribution is -0.00488. The van der Waals surface area contributed by atoms with Crippen LogP contribution in [-0.4, -0.2) is 39.6 Å². The summed E-state index contributed by atoms with van der Waals surface area (Å²) in [4.78, 5) is 0. The fraction of sp³-hybridized carbons (Fsp3) is 0.538. The standard InChI is InChI=1S/C13H20O5/c1-8(14)13(18-5)9-6-11(16-3)12(17-4)7-10(9)15-2/h6-8,13-14H,1-5H3. The molecule has 18 heavy (non-hydrogen) atoms. The molecule has 0 spiro atoms. The number of hydrogen-bond donors (Lipinski definition) is 1. The lowest BCUT2D eigenvalue weighted by Crippen LogP contribution is -2.17. The van der Waals surface area contributed by atoms with Crippen LogP contribution in [0, 0.1) is 0 Å². The minimum atomic E-state index is -0.665. The Morgan fingerprint density at radius 3 is 1.78 bits per heavy atom. The summed E-state index contributed by atoms with van der Waals surface area (Å²) >= 11 is 0. The van der Waals surface area contributed by atoms with Crippen LogP contribution in [0.2, 0.25) is 0 Å². The SMILES string of the molecule is COc1cc(OC)c(C(OC)C(C)O)cc1OC. The van der Waals surface area contributed by atoms with Gasteiger partial charge in [-0.15, -0.1) is 0 Å². The van der Waals surface area contributed by atoms with Crippen LogP contribution in [0.25, 0.3) is 0 Å². The van der Waals surface area contributed by atoms with E-state index in [0.717, 1.165) is 0 Å². The van der Waals surface area contributed by atoms with Gasteiger partial charge >= 0.3 is 0 Å². The number of hydrogen-bond acceptors (Lipinski definition) is 5. The largest absolute Gasteiger partial charge is 0.496 e. The molecule has 0 amide bonds. The highest BCUT2D eigenvalue weighted by atomic mass is 16.5. The fourth-order valence-electron chi connectivity index (χ4n) is 1.86. The van der Waals surface area contributed by atoms with E-state index >= 15 is 0 Å². The molecule has 5 heteroatoms. The predicted octanol–water partition coefficient (Wildman–Crippen LogP) is 1.78. The van der Waals surface area contributed by atoms with Crippen LogP contribution in [0.4, 0.5) is 0 Å². The molecule has 0 aromatic heterocycles. The van der Waals surface area contributed by atoms with Gasteiger partial charge in [-0.2, -0.15) is 0 Å². The molecule has 2 atom stereocenters. The molecule has 0 aliphatic rings. The number of rotatable bonds is 6. The molecule has 2 unspecified atom stereocenters. The summed E-state index contributed by atoms with van der Waals surface area (Å²) in [5.41, 5.74) is 0.715. The Kier molecular flexibility index (Phi) is 5.25. The Morgan fingerprint density at radius 1 is 0.889 bits per heavy atom. The molecule has 5 nitrogen and oxygen atoms in total. The van der Waals surface area contributed by atoms with Gasteiger partial charge in [0.1, 0.15) is 11.9 Å². The molecular weight excluding hydrogens is 236 g/mol. The van der Waals surface area contributed by atoms with Crippen molar-refractivity contribution < 1.29 is 24.1 Å². The Labute approximate surface area is 107 Å². The summed E-state index contributed by atoms with van der Waals surface area (Å²) in [6.45, 7) is 1.66. The molecule has 1 N–H and O–H groups in total. The van der Waals surface area contributed by atoms with Crippen molar-refractivity contribution >= 4 is 0 Å². The van der Waals surface area contributed by atoms with Gasteiger partial charge in [-0.05, 0) is 13.0 Å². The smallest absolute Gasteiger partial charge is 0.164 e. The van der Waals surface area contributed by atoms with Crippen LogP contribution < -0.4 is 14.2 Å². The lowest BCUT2D eigenvalue weighted by atomic mass is 10.0. The van der Waals surface area contributed by atoms with Gasteiger partial charge in [0.05, 0.1) is 27.4 Å². The molecule has 0 fully saturated rings. The van der Waals surface area contributed by atoms with Crippen LogP contribution >= 0.6 is 0 Å². The maximum absolute atomic E-state index is 9.72. The van der Waals surface area contributed by atoms with E-state index < -0.39 is 12.2 Å². The van der Waals surface area contributed by atoms with Crippen molar-refractivity contribution in [3.05, 3.63) is 17.7 Å². The molecule has 0 heterocycles. The van der Waals surface area contributed by atoms with E-state index in [1.807, 2.05) is 0 Å². The van der Waals surface area contributed by atoms with Gasteiger partial charge in [-0.25, -0.2) is 0 Å². The second-order valence-electron chi connectivity index (χ2n) is 3.85. The topological polar surface area (TPSA) is 57.2 Å². The van der Waals surface area contributed by atoms with E-state index in [0.29, 0.717) is 22.8 Å². The van der Waals surface area contributed by atoms with Crippen LogP contribution in [-0.2, 0) is 4.74 Å². The van der Waals surface area contributed by atoms with E-state index in [1.54, 1.807) is 40.4 Å². The van der Waals surface area contributed by atoms with Crippen molar-refractivity contribution in [2.75, 3.05) is 28.4 Å². The molecule has 1 aromatic rings. The summed E-state index contributed by atoms with van der Waals surface area (Å²) in [6, 6.07) is 3.46. The van der Waals surface area contributed by atoms with Gasteiger partial charge in [0, 0.05) is 18.7 Å². The van der Waals surface area contributed by atoms with Crippen LogP contribution in [0.5, 0.6) is 17.2 Å². The summed E-state index contributed by atoms with van der Waals surface area (Å²) in [5.74, 6) is 1.72. The van der Waals surface area contributed by atoms with Gasteiger partial charge in [0.25, 0.3) is 0 Å². The van der Waals surface area contributed by atoms with Gasteiger partial charge in [-0.1, -0.05) is 0 Å². The van der Waals surface area contributed by atoms with Crippen molar-refractivity contribution in [2.45, 2.75) is 19.1 Å². The Hall–Kier alpha value is -1.46. The highest BCUT2D eigenvalue weighted by Crippen LogP contribution is 2.39. The van der Waals surface area contributed by atoms with E-state index in [9.17, 15) is 5.11 Å². The zero-order valence-electron chi connectivity index (χ0n) is 11.4. The maximum atomic E-state index is 9.72. The highest BCUT2D eigenvalue weighted by molar-refractivity contribution is 5.51. The zero-order chi connectivity index (χ0) is 13.7. The first kappa shape index (κ1) is 14.6. The molecule has 0 saturated carbocycles. The summed E-state index contributed by atoms with van der Waals surface area (Å²) in [6.07, 6.45) is -1.15. The first-order valence-corrected chi connectivity index (χ1v) is 5.59. The van der Waals surface area contributed by atoms with Gasteiger partial charge in [0.15, 0.2) is 11.5 Å². The number of ether oxygens (including phenoxy) is 4. The first-order valence-electron chi connectivity index (χ1n) is 5.59. The van der Waals surface area contributed by atoms with Gasteiger partial charge in [-0.3, -0.25) is 0 Å². The average molecular weight is 256 g/mol. The second-order valence-corrected chi connectivity index (χ2v) is 3.85. The zero-order valence-corrected chi connectivity index (χ0v) is 11.4. The summed E-state index contributed by atoms with van der Waals surface area (Å²) in [7, 11) is 6.20. The maximum Gasteiger partial charge on any atom is 0.164 e. The predicted molar refractivity (Wildman–Crippen MR) is 67.5 cm³/mol. The molecule has 1 aromatic carbocycles. The van der Waals surface area contributed by atoms with Crippen LogP contribution in [0.15, 0.2) is 12.1 Å². The Morgan fingerprint density at radius 2 is 1.39 bits per heavy atom. The average Bonchev–Trinajstić information content (AvgIpc) is 2.38. The van der Waals surface area contributed by atoms with E-state index in [4.69, 9.17) is 18.9 Å². The third-order valence-corrected chi connectivity index (χ3v) is 2.73. The molecule has 0 saturated heterocycles. The highest BCUT2D eigenvalue weighted by Gasteiger charge is 2.23. The van der Waals surface area contributed by atoms with Crippen LogP contribution in [0.1, 0.15) is 18.6 Å². The lowest BCUT2D eigenvalue weighted by Gasteiger charge is -2.22. The second kappa shape index (κ2) is 6.47. The Bertz CT molecular complexity index is 389. The summed E-state index contributed by atoms with van der Waals surface area (Å²) in [5, 5.41) is 9.72. The third kappa shape index (κ3) is 2.86. The van der Waals surface area contributed by atoms with Crippen molar-refractivity contribution in [3.8, 4) is 17.2 Å². The monoisotopic (exact) mass is 256 g/mol. The van der Waals surface area contributed by atoms with Gasteiger partial charge in [0.2, 0.25) is 0 Å². The molecule has 0 aliphatic carbocycles. The van der Waals surface area contributed by atoms with Crippen molar-refractivity contribution in [1.82, 2.24) is 0 Å². The van der Waals surface area contributed by atoms with Crippen molar-refractivity contribution in [1.29, 1.82) is 0 Å². The number of aliphatic hydroxyl groups is 1. The fourth-order valence-corrected chi connectivity index (χ4v) is 1.86. The molecule has 0 aliphatic heterocycles. The third-order valence-electron chi connectivity index (χ3n) is 2.73. The molecule has 0 radical (unpaired) electrons. The normalized spacial score (nSPS) is 13.9.